The number of hydrogen-bond donors (Lipinski definition) is 1. The lowest BCUT2D eigenvalue weighted by molar-refractivity contribution is 0.572. The van der Waals surface area contributed by atoms with E-state index in [2.05, 4.69) is 32.8 Å². The fraction of sp³-hybridized carbons (Fsp3) is 0.111. The van der Waals surface area contributed by atoms with Crippen LogP contribution in [0.1, 0.15) is 16.8 Å². The zero-order valence-electron chi connectivity index (χ0n) is 13.7. The van der Waals surface area contributed by atoms with Crippen LogP contribution in [0.2, 0.25) is 5.02 Å². The number of oxazole rings is 1. The van der Waals surface area contributed by atoms with Gasteiger partial charge in [-0.1, -0.05) is 17.7 Å². The Bertz CT molecular complexity index is 1050. The van der Waals surface area contributed by atoms with Crippen molar-refractivity contribution in [3.8, 4) is 22.8 Å². The molecule has 4 aromatic rings. The highest BCUT2D eigenvalue weighted by molar-refractivity contribution is 7.80. The molecule has 0 amide bonds. The van der Waals surface area contributed by atoms with Crippen LogP contribution in [0.4, 0.5) is 0 Å². The van der Waals surface area contributed by atoms with Gasteiger partial charge in [0.1, 0.15) is 11.5 Å². The fourth-order valence-electron chi connectivity index (χ4n) is 2.63. The molecule has 0 radical (unpaired) electrons. The predicted molar refractivity (Wildman–Crippen MR) is 102 cm³/mol. The summed E-state index contributed by atoms with van der Waals surface area (Å²) in [4.78, 5) is 8.55. The van der Waals surface area contributed by atoms with Crippen molar-refractivity contribution in [1.29, 1.82) is 0 Å². The minimum atomic E-state index is -0.375. The highest BCUT2D eigenvalue weighted by atomic mass is 35.5. The molecular formula is C18H14ClN5OS. The van der Waals surface area contributed by atoms with Gasteiger partial charge in [-0.15, -0.1) is 10.2 Å². The van der Waals surface area contributed by atoms with E-state index < -0.39 is 0 Å². The lowest BCUT2D eigenvalue weighted by atomic mass is 10.2. The molecule has 4 rings (SSSR count). The summed E-state index contributed by atoms with van der Waals surface area (Å²) in [5.41, 5.74) is 2.39. The molecule has 26 heavy (non-hydrogen) atoms. The van der Waals surface area contributed by atoms with E-state index in [9.17, 15) is 0 Å². The third-order valence-electron chi connectivity index (χ3n) is 3.97. The maximum Gasteiger partial charge on any atom is 0.226 e. The summed E-state index contributed by atoms with van der Waals surface area (Å²) >= 11 is 10.7. The molecule has 0 aliphatic heterocycles. The highest BCUT2D eigenvalue weighted by Crippen LogP contribution is 2.31. The third-order valence-corrected chi connectivity index (χ3v) is 4.70. The number of aromatic nitrogens is 5. The Labute approximate surface area is 160 Å². The highest BCUT2D eigenvalue weighted by Gasteiger charge is 2.22. The average molecular weight is 384 g/mol. The Hall–Kier alpha value is -2.64. The van der Waals surface area contributed by atoms with Crippen LogP contribution in [0.3, 0.4) is 0 Å². The quantitative estimate of drug-likeness (QED) is 0.535. The molecule has 0 saturated carbocycles. The van der Waals surface area contributed by atoms with Crippen molar-refractivity contribution in [3.05, 3.63) is 71.6 Å². The van der Waals surface area contributed by atoms with Crippen molar-refractivity contribution in [1.82, 2.24) is 24.7 Å². The Morgan fingerprint density at radius 2 is 1.92 bits per heavy atom. The van der Waals surface area contributed by atoms with Crippen LogP contribution in [-0.4, -0.2) is 24.7 Å². The standard InChI is InChI=1S/C18H14ClN5OS/c1-24-16(11-5-7-20-8-6-11)22-23-17(24)15(26)14-10-25-18(21-14)12-3-2-4-13(19)9-12/h2-10,15,26H,1H3. The molecular weight excluding hydrogens is 370 g/mol. The minimum Gasteiger partial charge on any atom is -0.444 e. The van der Waals surface area contributed by atoms with Gasteiger partial charge in [0.05, 0.1) is 5.69 Å². The van der Waals surface area contributed by atoms with E-state index >= 15 is 0 Å². The molecule has 130 valence electrons. The van der Waals surface area contributed by atoms with Gasteiger partial charge in [-0.3, -0.25) is 4.98 Å². The zero-order chi connectivity index (χ0) is 18.1. The molecule has 3 heterocycles. The van der Waals surface area contributed by atoms with Crippen molar-refractivity contribution >= 4 is 24.2 Å². The monoisotopic (exact) mass is 383 g/mol. The normalized spacial score (nSPS) is 12.3. The predicted octanol–water partition coefficient (Wildman–Crippen LogP) is 4.20. The maximum absolute atomic E-state index is 6.03. The molecule has 3 aromatic heterocycles. The van der Waals surface area contributed by atoms with Gasteiger partial charge in [0, 0.05) is 35.6 Å². The summed E-state index contributed by atoms with van der Waals surface area (Å²) in [7, 11) is 1.90. The molecule has 0 bridgehead atoms. The Morgan fingerprint density at radius 3 is 2.69 bits per heavy atom. The van der Waals surface area contributed by atoms with Gasteiger partial charge in [-0.05, 0) is 30.3 Å². The average Bonchev–Trinajstić information content (AvgIpc) is 3.29. The number of nitrogens with zero attached hydrogens (tertiary/aromatic N) is 5. The van der Waals surface area contributed by atoms with Gasteiger partial charge < -0.3 is 8.98 Å². The van der Waals surface area contributed by atoms with Crippen molar-refractivity contribution in [2.24, 2.45) is 7.05 Å². The lowest BCUT2D eigenvalue weighted by Gasteiger charge is -2.08. The van der Waals surface area contributed by atoms with E-state index in [1.54, 1.807) is 30.8 Å². The summed E-state index contributed by atoms with van der Waals surface area (Å²) in [6, 6.07) is 11.1. The minimum absolute atomic E-state index is 0.375. The van der Waals surface area contributed by atoms with E-state index in [0.717, 1.165) is 17.0 Å². The van der Waals surface area contributed by atoms with E-state index in [-0.39, 0.29) is 5.25 Å². The van der Waals surface area contributed by atoms with Crippen LogP contribution >= 0.6 is 24.2 Å². The van der Waals surface area contributed by atoms with Crippen LogP contribution in [0, 0.1) is 0 Å². The van der Waals surface area contributed by atoms with Crippen LogP contribution < -0.4 is 0 Å². The first-order valence-corrected chi connectivity index (χ1v) is 8.72. The van der Waals surface area contributed by atoms with Crippen LogP contribution in [0.15, 0.2) is 59.5 Å². The van der Waals surface area contributed by atoms with Crippen molar-refractivity contribution < 1.29 is 4.42 Å². The number of hydrogen-bond acceptors (Lipinski definition) is 6. The molecule has 0 aliphatic carbocycles. The number of rotatable bonds is 4. The van der Waals surface area contributed by atoms with Gasteiger partial charge in [-0.25, -0.2) is 4.98 Å². The molecule has 1 unspecified atom stereocenters. The first-order valence-electron chi connectivity index (χ1n) is 7.82. The topological polar surface area (TPSA) is 69.6 Å². The van der Waals surface area contributed by atoms with E-state index in [1.165, 1.54) is 0 Å². The second kappa shape index (κ2) is 6.93. The largest absolute Gasteiger partial charge is 0.444 e. The molecule has 0 N–H and O–H groups in total. The van der Waals surface area contributed by atoms with Gasteiger partial charge in [0.15, 0.2) is 11.6 Å². The molecule has 0 aliphatic rings. The number of pyridine rings is 1. The van der Waals surface area contributed by atoms with Crippen molar-refractivity contribution in [2.75, 3.05) is 0 Å². The number of benzene rings is 1. The molecule has 0 fully saturated rings. The maximum atomic E-state index is 6.03. The van der Waals surface area contributed by atoms with Crippen LogP contribution in [-0.2, 0) is 7.05 Å². The second-order valence-corrected chi connectivity index (χ2v) is 6.62. The molecule has 8 heteroatoms. The SMILES string of the molecule is Cn1c(-c2ccncc2)nnc1C(S)c1coc(-c2cccc(Cl)c2)n1. The van der Waals surface area contributed by atoms with Gasteiger partial charge in [0.2, 0.25) is 5.89 Å². The first kappa shape index (κ1) is 16.8. The molecule has 1 atom stereocenters. The molecule has 0 saturated heterocycles. The van der Waals surface area contributed by atoms with Crippen molar-refractivity contribution in [2.45, 2.75) is 5.25 Å². The molecule has 0 spiro atoms. The summed E-state index contributed by atoms with van der Waals surface area (Å²) in [6.45, 7) is 0. The zero-order valence-corrected chi connectivity index (χ0v) is 15.4. The number of thiol groups is 1. The first-order chi connectivity index (χ1) is 12.6. The number of halogens is 1. The fourth-order valence-corrected chi connectivity index (χ4v) is 3.16. The Balaban J connectivity index is 1.65. The third kappa shape index (κ3) is 3.11. The molecule has 6 nitrogen and oxygen atoms in total. The van der Waals surface area contributed by atoms with Gasteiger partial charge >= 0.3 is 0 Å². The lowest BCUT2D eigenvalue weighted by Crippen LogP contribution is -2.04. The summed E-state index contributed by atoms with van der Waals surface area (Å²) in [6.07, 6.45) is 5.02. The van der Waals surface area contributed by atoms with Crippen molar-refractivity contribution in [3.63, 3.8) is 0 Å². The van der Waals surface area contributed by atoms with Crippen LogP contribution in [0.25, 0.3) is 22.8 Å². The van der Waals surface area contributed by atoms with Gasteiger partial charge in [0.25, 0.3) is 0 Å². The van der Waals surface area contributed by atoms with E-state index in [0.29, 0.717) is 22.4 Å². The smallest absolute Gasteiger partial charge is 0.226 e. The Kier molecular flexibility index (Phi) is 4.48. The molecule has 1 aromatic carbocycles. The van der Waals surface area contributed by atoms with Gasteiger partial charge in [-0.2, -0.15) is 12.6 Å². The van der Waals surface area contributed by atoms with E-state index in [1.807, 2.05) is 35.9 Å². The van der Waals surface area contributed by atoms with E-state index in [4.69, 9.17) is 16.0 Å². The summed E-state index contributed by atoms with van der Waals surface area (Å²) in [5.74, 6) is 1.89. The summed E-state index contributed by atoms with van der Waals surface area (Å²) < 4.78 is 7.48. The second-order valence-electron chi connectivity index (χ2n) is 5.67. The summed E-state index contributed by atoms with van der Waals surface area (Å²) in [5, 5.41) is 8.80. The Morgan fingerprint density at radius 1 is 1.12 bits per heavy atom. The van der Waals surface area contributed by atoms with Crippen LogP contribution in [0.5, 0.6) is 0 Å².